The summed E-state index contributed by atoms with van der Waals surface area (Å²) in [6, 6.07) is 47.1. The number of fused-ring (bicyclic) bond motifs is 1. The molecule has 0 fully saturated rings. The molecule has 168 valence electrons. The summed E-state index contributed by atoms with van der Waals surface area (Å²) in [5.74, 6) is 0. The van der Waals surface area contributed by atoms with Gasteiger partial charge in [-0.05, 0) is 53.6 Å². The Hall–Kier alpha value is -4.13. The molecule has 1 aliphatic rings. The number of anilines is 3. The van der Waals surface area contributed by atoms with Gasteiger partial charge in [0.2, 0.25) is 0 Å². The average molecular weight is 470 g/mol. The van der Waals surface area contributed by atoms with E-state index < -0.39 is 7.14 Å². The van der Waals surface area contributed by atoms with Crippen LogP contribution in [0.2, 0.25) is 0 Å². The summed E-state index contributed by atoms with van der Waals surface area (Å²) in [7, 11) is -2.95. The van der Waals surface area contributed by atoms with Gasteiger partial charge in [0.05, 0.1) is 0 Å². The first kappa shape index (κ1) is 21.4. The first-order valence-corrected chi connectivity index (χ1v) is 13.4. The number of hydrogen-bond acceptors (Lipinski definition) is 2. The van der Waals surface area contributed by atoms with Crippen LogP contribution in [-0.4, -0.2) is 0 Å². The third kappa shape index (κ3) is 3.73. The number of rotatable bonds is 5. The molecule has 6 rings (SSSR count). The lowest BCUT2D eigenvalue weighted by atomic mass is 10.1. The summed E-state index contributed by atoms with van der Waals surface area (Å²) in [5.41, 5.74) is 5.26. The van der Waals surface area contributed by atoms with Gasteiger partial charge in [0.15, 0.2) is 7.14 Å². The molecule has 0 spiro atoms. The Morgan fingerprint density at radius 3 is 1.57 bits per heavy atom. The van der Waals surface area contributed by atoms with Crippen molar-refractivity contribution in [3.8, 4) is 0 Å². The molecule has 0 N–H and O–H groups in total. The van der Waals surface area contributed by atoms with Crippen LogP contribution in [-0.2, 0) is 4.57 Å². The average Bonchev–Trinajstić information content (AvgIpc) is 3.25. The maximum Gasteiger partial charge on any atom is 0.172 e. The van der Waals surface area contributed by atoms with Crippen molar-refractivity contribution in [3.05, 3.63) is 151 Å². The fourth-order valence-electron chi connectivity index (χ4n) is 4.83. The molecule has 0 radical (unpaired) electrons. The second-order valence-electron chi connectivity index (χ2n) is 8.59. The number of benzene rings is 5. The van der Waals surface area contributed by atoms with Crippen LogP contribution >= 0.6 is 7.14 Å². The minimum absolute atomic E-state index is 0.871. The topological polar surface area (TPSA) is 20.3 Å². The van der Waals surface area contributed by atoms with E-state index in [2.05, 4.69) is 89.8 Å². The van der Waals surface area contributed by atoms with Crippen molar-refractivity contribution >= 4 is 46.2 Å². The van der Waals surface area contributed by atoms with Gasteiger partial charge in [-0.1, -0.05) is 103 Å². The number of nitrogens with zero attached hydrogens (tertiary/aromatic N) is 1. The van der Waals surface area contributed by atoms with E-state index in [0.29, 0.717) is 0 Å². The monoisotopic (exact) mass is 469 g/mol. The molecule has 0 aromatic heterocycles. The second-order valence-corrected chi connectivity index (χ2v) is 11.3. The fourth-order valence-corrected chi connectivity index (χ4v) is 7.87. The van der Waals surface area contributed by atoms with E-state index in [0.717, 1.165) is 44.1 Å². The molecule has 1 unspecified atom stereocenters. The molecular formula is C32H24NOP. The van der Waals surface area contributed by atoms with E-state index in [-0.39, 0.29) is 0 Å². The Bertz CT molecular complexity index is 1500. The van der Waals surface area contributed by atoms with Gasteiger partial charge in [-0.3, -0.25) is 0 Å². The third-order valence-electron chi connectivity index (χ3n) is 6.48. The Morgan fingerprint density at radius 1 is 0.486 bits per heavy atom. The number of hydrogen-bond donors (Lipinski definition) is 0. The van der Waals surface area contributed by atoms with E-state index in [9.17, 15) is 4.57 Å². The molecular weight excluding hydrogens is 445 g/mol. The Labute approximate surface area is 206 Å². The van der Waals surface area contributed by atoms with Crippen LogP contribution in [0.1, 0.15) is 11.1 Å². The molecule has 0 amide bonds. The maximum absolute atomic E-state index is 14.8. The van der Waals surface area contributed by atoms with Crippen molar-refractivity contribution in [2.45, 2.75) is 0 Å². The first-order chi connectivity index (χ1) is 17.2. The van der Waals surface area contributed by atoms with Crippen molar-refractivity contribution in [3.63, 3.8) is 0 Å². The lowest BCUT2D eigenvalue weighted by Crippen LogP contribution is -2.15. The molecule has 3 heteroatoms. The molecule has 1 atom stereocenters. The van der Waals surface area contributed by atoms with Crippen molar-refractivity contribution < 1.29 is 4.57 Å². The van der Waals surface area contributed by atoms with Gasteiger partial charge < -0.3 is 9.46 Å². The lowest BCUT2D eigenvalue weighted by Gasteiger charge is -2.26. The van der Waals surface area contributed by atoms with Gasteiger partial charge in [0.1, 0.15) is 0 Å². The predicted molar refractivity (Wildman–Crippen MR) is 149 cm³/mol. The van der Waals surface area contributed by atoms with Crippen LogP contribution in [0.3, 0.4) is 0 Å². The van der Waals surface area contributed by atoms with Crippen LogP contribution in [0.25, 0.3) is 11.4 Å². The van der Waals surface area contributed by atoms with Gasteiger partial charge in [-0.15, -0.1) is 0 Å². The lowest BCUT2D eigenvalue weighted by molar-refractivity contribution is 0.593. The van der Waals surface area contributed by atoms with E-state index in [1.807, 2.05) is 60.7 Å². The van der Waals surface area contributed by atoms with Gasteiger partial charge in [-0.2, -0.15) is 0 Å². The zero-order chi connectivity index (χ0) is 23.7. The molecule has 5 aromatic rings. The molecule has 1 aliphatic heterocycles. The molecule has 2 nitrogen and oxygen atoms in total. The first-order valence-electron chi connectivity index (χ1n) is 11.7. The van der Waals surface area contributed by atoms with Crippen LogP contribution in [0.15, 0.2) is 140 Å². The summed E-state index contributed by atoms with van der Waals surface area (Å²) in [6.45, 7) is 0. The van der Waals surface area contributed by atoms with Crippen LogP contribution < -0.4 is 15.5 Å². The number of para-hydroxylation sites is 2. The summed E-state index contributed by atoms with van der Waals surface area (Å²) in [6.07, 6.45) is 2.10. The zero-order valence-electron chi connectivity index (χ0n) is 19.2. The summed E-state index contributed by atoms with van der Waals surface area (Å²) in [4.78, 5) is 2.23. The van der Waals surface area contributed by atoms with Crippen molar-refractivity contribution in [1.82, 2.24) is 0 Å². The standard InChI is InChI=1S/C32H24NOP/c34-35(30-17-8-3-9-18-30)31-19-11-10-12-26(31)24-32(35)25-20-22-29(23-21-25)33(27-13-4-1-5-14-27)28-15-6-2-7-16-28/h1-24H. The predicted octanol–water partition coefficient (Wildman–Crippen LogP) is 7.98. The molecule has 0 saturated carbocycles. The summed E-state index contributed by atoms with van der Waals surface area (Å²) in [5, 5.41) is 2.68. The van der Waals surface area contributed by atoms with Gasteiger partial charge in [0, 0.05) is 33.0 Å². The third-order valence-corrected chi connectivity index (χ3v) is 9.65. The zero-order valence-corrected chi connectivity index (χ0v) is 20.1. The smallest absolute Gasteiger partial charge is 0.172 e. The summed E-state index contributed by atoms with van der Waals surface area (Å²) >= 11 is 0. The highest BCUT2D eigenvalue weighted by Gasteiger charge is 2.38. The normalized spacial score (nSPS) is 16.4. The highest BCUT2D eigenvalue weighted by molar-refractivity contribution is 7.88. The molecule has 0 aliphatic carbocycles. The Balaban J connectivity index is 1.45. The van der Waals surface area contributed by atoms with Gasteiger partial charge in [-0.25, -0.2) is 0 Å². The van der Waals surface area contributed by atoms with Gasteiger partial charge >= 0.3 is 0 Å². The maximum atomic E-state index is 14.8. The highest BCUT2D eigenvalue weighted by atomic mass is 31.2. The van der Waals surface area contributed by atoms with E-state index >= 15 is 0 Å². The SMILES string of the molecule is O=P1(c2ccccc2)C(c2ccc(N(c3ccccc3)c3ccccc3)cc2)=Cc2ccccc21. The molecule has 0 bridgehead atoms. The highest BCUT2D eigenvalue weighted by Crippen LogP contribution is 2.61. The molecule has 5 aromatic carbocycles. The fraction of sp³-hybridized carbons (Fsp3) is 0. The Morgan fingerprint density at radius 2 is 0.971 bits per heavy atom. The van der Waals surface area contributed by atoms with E-state index in [1.54, 1.807) is 0 Å². The molecule has 0 saturated heterocycles. The minimum atomic E-state index is -2.95. The van der Waals surface area contributed by atoms with E-state index in [4.69, 9.17) is 0 Å². The molecule has 35 heavy (non-hydrogen) atoms. The second kappa shape index (κ2) is 8.91. The summed E-state index contributed by atoms with van der Waals surface area (Å²) < 4.78 is 14.8. The van der Waals surface area contributed by atoms with Crippen molar-refractivity contribution in [2.24, 2.45) is 0 Å². The van der Waals surface area contributed by atoms with Crippen molar-refractivity contribution in [2.75, 3.05) is 4.90 Å². The van der Waals surface area contributed by atoms with Crippen LogP contribution in [0.4, 0.5) is 17.1 Å². The Kier molecular flexibility index (Phi) is 5.45. The van der Waals surface area contributed by atoms with Crippen molar-refractivity contribution in [1.29, 1.82) is 0 Å². The largest absolute Gasteiger partial charge is 0.311 e. The van der Waals surface area contributed by atoms with Gasteiger partial charge in [0.25, 0.3) is 0 Å². The van der Waals surface area contributed by atoms with E-state index in [1.165, 1.54) is 0 Å². The van der Waals surface area contributed by atoms with Crippen LogP contribution in [0, 0.1) is 0 Å². The van der Waals surface area contributed by atoms with Crippen LogP contribution in [0.5, 0.6) is 0 Å². The quantitative estimate of drug-likeness (QED) is 0.243. The minimum Gasteiger partial charge on any atom is -0.311 e. The molecule has 1 heterocycles.